The quantitative estimate of drug-likeness (QED) is 0.857. The zero-order valence-electron chi connectivity index (χ0n) is 12.1. The lowest BCUT2D eigenvalue weighted by Gasteiger charge is -2.21. The molecule has 0 aliphatic rings. The van der Waals surface area contributed by atoms with Gasteiger partial charge in [-0.05, 0) is 49.2 Å². The van der Waals surface area contributed by atoms with E-state index in [1.807, 2.05) is 24.3 Å². The predicted molar refractivity (Wildman–Crippen MR) is 84.4 cm³/mol. The molecule has 0 fully saturated rings. The third-order valence-corrected chi connectivity index (χ3v) is 3.72. The molecule has 106 valence electrons. The molecule has 3 heteroatoms. The van der Waals surface area contributed by atoms with Crippen LogP contribution in [-0.2, 0) is 0 Å². The van der Waals surface area contributed by atoms with Crippen LogP contribution in [0.1, 0.15) is 37.1 Å². The number of nitrogens with one attached hydrogen (secondary N) is 1. The summed E-state index contributed by atoms with van der Waals surface area (Å²) in [5.41, 5.74) is 2.44. The first kappa shape index (κ1) is 14.9. The Balaban J connectivity index is 2.06. The van der Waals surface area contributed by atoms with E-state index in [0.29, 0.717) is 0 Å². The molecule has 20 heavy (non-hydrogen) atoms. The Bertz CT molecular complexity index is 553. The van der Waals surface area contributed by atoms with Crippen molar-refractivity contribution in [1.82, 2.24) is 5.32 Å². The van der Waals surface area contributed by atoms with Crippen LogP contribution in [0.4, 0.5) is 0 Å². The highest BCUT2D eigenvalue weighted by molar-refractivity contribution is 6.30. The fourth-order valence-electron chi connectivity index (χ4n) is 2.23. The predicted octanol–water partition coefficient (Wildman–Crippen LogP) is 4.76. The van der Waals surface area contributed by atoms with Gasteiger partial charge in [-0.2, -0.15) is 0 Å². The molecular formula is C17H20ClNO. The number of ether oxygens (including phenoxy) is 1. The topological polar surface area (TPSA) is 21.3 Å². The van der Waals surface area contributed by atoms with Gasteiger partial charge in [0, 0.05) is 17.1 Å². The minimum Gasteiger partial charge on any atom is -0.497 e. The van der Waals surface area contributed by atoms with Crippen molar-refractivity contribution >= 4 is 11.6 Å². The molecule has 2 atom stereocenters. The monoisotopic (exact) mass is 289 g/mol. The van der Waals surface area contributed by atoms with E-state index in [1.54, 1.807) is 7.11 Å². The van der Waals surface area contributed by atoms with E-state index >= 15 is 0 Å². The van der Waals surface area contributed by atoms with Gasteiger partial charge in [-0.3, -0.25) is 0 Å². The number of benzene rings is 2. The molecular weight excluding hydrogens is 270 g/mol. The summed E-state index contributed by atoms with van der Waals surface area (Å²) in [7, 11) is 1.69. The van der Waals surface area contributed by atoms with Gasteiger partial charge in [0.1, 0.15) is 5.75 Å². The minimum absolute atomic E-state index is 0.246. The standard InChI is InChI=1S/C17H20ClNO/c1-12(14-7-9-16(18)10-8-14)19-13(2)15-5-4-6-17(11-15)20-3/h4-13,19H,1-3H3/t12-,13?/m0/s1. The van der Waals surface area contributed by atoms with Crippen molar-refractivity contribution in [1.29, 1.82) is 0 Å². The molecule has 0 aliphatic heterocycles. The lowest BCUT2D eigenvalue weighted by molar-refractivity contribution is 0.412. The Morgan fingerprint density at radius 3 is 2.25 bits per heavy atom. The number of hydrogen-bond acceptors (Lipinski definition) is 2. The normalized spacial score (nSPS) is 13.8. The Morgan fingerprint density at radius 1 is 0.950 bits per heavy atom. The van der Waals surface area contributed by atoms with E-state index in [-0.39, 0.29) is 12.1 Å². The van der Waals surface area contributed by atoms with E-state index in [0.717, 1.165) is 10.8 Å². The molecule has 1 N–H and O–H groups in total. The second-order valence-corrected chi connectivity index (χ2v) is 5.37. The highest BCUT2D eigenvalue weighted by Crippen LogP contribution is 2.23. The number of rotatable bonds is 5. The van der Waals surface area contributed by atoms with Crippen molar-refractivity contribution in [3.05, 3.63) is 64.7 Å². The highest BCUT2D eigenvalue weighted by Gasteiger charge is 2.11. The Morgan fingerprint density at radius 2 is 1.60 bits per heavy atom. The maximum absolute atomic E-state index is 5.92. The van der Waals surface area contributed by atoms with Crippen LogP contribution in [0, 0.1) is 0 Å². The van der Waals surface area contributed by atoms with Gasteiger partial charge in [-0.1, -0.05) is 35.9 Å². The fraction of sp³-hybridized carbons (Fsp3) is 0.294. The summed E-state index contributed by atoms with van der Waals surface area (Å²) in [6.45, 7) is 4.31. The summed E-state index contributed by atoms with van der Waals surface area (Å²) < 4.78 is 5.27. The summed E-state index contributed by atoms with van der Waals surface area (Å²) in [6.07, 6.45) is 0. The van der Waals surface area contributed by atoms with Crippen LogP contribution in [-0.4, -0.2) is 7.11 Å². The molecule has 0 spiro atoms. The first-order valence-electron chi connectivity index (χ1n) is 6.75. The summed E-state index contributed by atoms with van der Waals surface area (Å²) in [5, 5.41) is 4.35. The Labute approximate surface area is 125 Å². The molecule has 0 bridgehead atoms. The lowest BCUT2D eigenvalue weighted by Crippen LogP contribution is -2.22. The van der Waals surface area contributed by atoms with Crippen molar-refractivity contribution in [2.75, 3.05) is 7.11 Å². The van der Waals surface area contributed by atoms with Gasteiger partial charge in [0.2, 0.25) is 0 Å². The molecule has 2 rings (SSSR count). The zero-order valence-corrected chi connectivity index (χ0v) is 12.8. The molecule has 0 saturated carbocycles. The Hall–Kier alpha value is -1.51. The molecule has 0 saturated heterocycles. The molecule has 2 nitrogen and oxygen atoms in total. The maximum atomic E-state index is 5.92. The summed E-state index contributed by atoms with van der Waals surface area (Å²) in [4.78, 5) is 0. The highest BCUT2D eigenvalue weighted by atomic mass is 35.5. The van der Waals surface area contributed by atoms with Gasteiger partial charge in [-0.15, -0.1) is 0 Å². The van der Waals surface area contributed by atoms with Gasteiger partial charge in [0.05, 0.1) is 7.11 Å². The van der Waals surface area contributed by atoms with Gasteiger partial charge < -0.3 is 10.1 Å². The molecule has 2 aromatic rings. The van der Waals surface area contributed by atoms with Crippen molar-refractivity contribution in [3.63, 3.8) is 0 Å². The van der Waals surface area contributed by atoms with Crippen LogP contribution in [0.5, 0.6) is 5.75 Å². The Kier molecular flexibility index (Phi) is 5.05. The average Bonchev–Trinajstić information content (AvgIpc) is 2.47. The van der Waals surface area contributed by atoms with E-state index < -0.39 is 0 Å². The van der Waals surface area contributed by atoms with E-state index in [2.05, 4.69) is 43.4 Å². The lowest BCUT2D eigenvalue weighted by atomic mass is 10.0. The molecule has 2 aromatic carbocycles. The average molecular weight is 290 g/mol. The van der Waals surface area contributed by atoms with Crippen LogP contribution >= 0.6 is 11.6 Å². The summed E-state index contributed by atoms with van der Waals surface area (Å²) >= 11 is 5.92. The van der Waals surface area contributed by atoms with Crippen LogP contribution in [0.25, 0.3) is 0 Å². The molecule has 0 heterocycles. The van der Waals surface area contributed by atoms with Crippen LogP contribution in [0.2, 0.25) is 5.02 Å². The SMILES string of the molecule is COc1cccc(C(C)N[C@@H](C)c2ccc(Cl)cc2)c1. The van der Waals surface area contributed by atoms with Crippen molar-refractivity contribution in [3.8, 4) is 5.75 Å². The van der Waals surface area contributed by atoms with Crippen molar-refractivity contribution < 1.29 is 4.74 Å². The van der Waals surface area contributed by atoms with E-state index in [4.69, 9.17) is 16.3 Å². The minimum atomic E-state index is 0.246. The van der Waals surface area contributed by atoms with Crippen LogP contribution in [0.3, 0.4) is 0 Å². The zero-order chi connectivity index (χ0) is 14.5. The van der Waals surface area contributed by atoms with Crippen LogP contribution in [0.15, 0.2) is 48.5 Å². The number of methoxy groups -OCH3 is 1. The fourth-order valence-corrected chi connectivity index (χ4v) is 2.36. The first-order valence-corrected chi connectivity index (χ1v) is 7.13. The van der Waals surface area contributed by atoms with Crippen molar-refractivity contribution in [2.24, 2.45) is 0 Å². The van der Waals surface area contributed by atoms with Gasteiger partial charge >= 0.3 is 0 Å². The van der Waals surface area contributed by atoms with Crippen molar-refractivity contribution in [2.45, 2.75) is 25.9 Å². The van der Waals surface area contributed by atoms with Gasteiger partial charge in [-0.25, -0.2) is 0 Å². The third kappa shape index (κ3) is 3.75. The second kappa shape index (κ2) is 6.78. The largest absolute Gasteiger partial charge is 0.497 e. The molecule has 0 aromatic heterocycles. The van der Waals surface area contributed by atoms with Gasteiger partial charge in [0.15, 0.2) is 0 Å². The smallest absolute Gasteiger partial charge is 0.119 e. The summed E-state index contributed by atoms with van der Waals surface area (Å²) in [6, 6.07) is 16.6. The maximum Gasteiger partial charge on any atom is 0.119 e. The van der Waals surface area contributed by atoms with Gasteiger partial charge in [0.25, 0.3) is 0 Å². The third-order valence-electron chi connectivity index (χ3n) is 3.46. The molecule has 1 unspecified atom stereocenters. The molecule has 0 radical (unpaired) electrons. The second-order valence-electron chi connectivity index (χ2n) is 4.94. The molecule has 0 amide bonds. The van der Waals surface area contributed by atoms with Crippen LogP contribution < -0.4 is 10.1 Å². The first-order chi connectivity index (χ1) is 9.60. The van der Waals surface area contributed by atoms with E-state index in [1.165, 1.54) is 11.1 Å². The molecule has 0 aliphatic carbocycles. The van der Waals surface area contributed by atoms with E-state index in [9.17, 15) is 0 Å². The summed E-state index contributed by atoms with van der Waals surface area (Å²) in [5.74, 6) is 0.885. The number of halogens is 1. The number of hydrogen-bond donors (Lipinski definition) is 1.